The maximum absolute atomic E-state index is 14.2. The number of methoxy groups -OCH3 is 1. The van der Waals surface area contributed by atoms with Crippen LogP contribution in [-0.2, 0) is 21.5 Å². The van der Waals surface area contributed by atoms with E-state index in [1.165, 1.54) is 0 Å². The Bertz CT molecular complexity index is 1080. The largest absolute Gasteiger partial charge is 0.534 e. The first-order valence-electron chi connectivity index (χ1n) is 7.33. The number of halogens is 5. The molecule has 2 aromatic rings. The van der Waals surface area contributed by atoms with Gasteiger partial charge >= 0.3 is 21.6 Å². The van der Waals surface area contributed by atoms with Crippen molar-refractivity contribution in [2.45, 2.75) is 12.1 Å². The molecule has 0 amide bonds. The monoisotopic (exact) mass is 424 g/mol. The van der Waals surface area contributed by atoms with E-state index in [1.807, 2.05) is 0 Å². The highest BCUT2D eigenvalue weighted by atomic mass is 32.2. The Kier molecular flexibility index (Phi) is 4.69. The maximum Gasteiger partial charge on any atom is 0.534 e. The molecule has 0 N–H and O–H groups in total. The molecule has 6 nitrogen and oxygen atoms in total. The third-order valence-corrected chi connectivity index (χ3v) is 4.75. The van der Waals surface area contributed by atoms with Gasteiger partial charge in [-0.3, -0.25) is 0 Å². The summed E-state index contributed by atoms with van der Waals surface area (Å²) < 4.78 is 102. The molecular formula is C16H9F5O6S. The van der Waals surface area contributed by atoms with Crippen LogP contribution in [0.1, 0.15) is 15.9 Å². The molecule has 0 atom stereocenters. The molecule has 1 heterocycles. The summed E-state index contributed by atoms with van der Waals surface area (Å²) >= 11 is 0. The van der Waals surface area contributed by atoms with E-state index in [0.29, 0.717) is 12.1 Å². The summed E-state index contributed by atoms with van der Waals surface area (Å²) in [6.45, 7) is -0.266. The lowest BCUT2D eigenvalue weighted by Crippen LogP contribution is -2.28. The third-order valence-electron chi connectivity index (χ3n) is 3.79. The Morgan fingerprint density at radius 1 is 1.07 bits per heavy atom. The SMILES string of the molecule is COC(=O)c1cc2c(cc1F)-c1cc(OS(=O)(=O)C(F)(F)F)c(F)cc1CO2. The van der Waals surface area contributed by atoms with Gasteiger partial charge in [0.25, 0.3) is 0 Å². The molecule has 1 aliphatic heterocycles. The molecule has 0 unspecified atom stereocenters. The Morgan fingerprint density at radius 3 is 2.36 bits per heavy atom. The van der Waals surface area contributed by atoms with Gasteiger partial charge in [0.2, 0.25) is 0 Å². The minimum atomic E-state index is -6.11. The number of benzene rings is 2. The lowest BCUT2D eigenvalue weighted by atomic mass is 9.95. The predicted molar refractivity (Wildman–Crippen MR) is 83.1 cm³/mol. The normalized spacial score (nSPS) is 13.2. The number of esters is 1. The van der Waals surface area contributed by atoms with Crippen LogP contribution in [0.3, 0.4) is 0 Å². The van der Waals surface area contributed by atoms with E-state index in [0.717, 1.165) is 19.2 Å². The average Bonchev–Trinajstić information content (AvgIpc) is 2.60. The molecule has 0 radical (unpaired) electrons. The van der Waals surface area contributed by atoms with Crippen LogP contribution < -0.4 is 8.92 Å². The van der Waals surface area contributed by atoms with Crippen molar-refractivity contribution >= 4 is 16.1 Å². The van der Waals surface area contributed by atoms with Crippen molar-refractivity contribution in [3.63, 3.8) is 0 Å². The standard InChI is InChI=1S/C16H9F5O6S/c1-25-15(22)10-5-13-9(3-11(10)17)8-4-14(12(18)2-7(8)6-26-13)27-28(23,24)16(19,20)21/h2-5H,6H2,1H3. The van der Waals surface area contributed by atoms with Crippen LogP contribution in [0.2, 0.25) is 0 Å². The predicted octanol–water partition coefficient (Wildman–Crippen LogP) is 3.54. The van der Waals surface area contributed by atoms with Crippen LogP contribution in [0.25, 0.3) is 11.1 Å². The van der Waals surface area contributed by atoms with Crippen LogP contribution in [0, 0.1) is 11.6 Å². The van der Waals surface area contributed by atoms with E-state index in [2.05, 4.69) is 8.92 Å². The van der Waals surface area contributed by atoms with Gasteiger partial charge in [-0.2, -0.15) is 21.6 Å². The fourth-order valence-electron chi connectivity index (χ4n) is 2.50. The van der Waals surface area contributed by atoms with Crippen LogP contribution in [-0.4, -0.2) is 27.0 Å². The molecule has 12 heteroatoms. The number of ether oxygens (including phenoxy) is 2. The molecule has 3 rings (SSSR count). The third kappa shape index (κ3) is 3.35. The minimum Gasteiger partial charge on any atom is -0.488 e. The summed E-state index contributed by atoms with van der Waals surface area (Å²) in [5, 5.41) is 0. The maximum atomic E-state index is 14.2. The summed E-state index contributed by atoms with van der Waals surface area (Å²) in [7, 11) is -5.08. The summed E-state index contributed by atoms with van der Waals surface area (Å²) in [6.07, 6.45) is 0. The van der Waals surface area contributed by atoms with Crippen molar-refractivity contribution in [2.75, 3.05) is 7.11 Å². The van der Waals surface area contributed by atoms with E-state index >= 15 is 0 Å². The van der Waals surface area contributed by atoms with Gasteiger partial charge in [-0.15, -0.1) is 0 Å². The molecule has 0 fully saturated rings. The highest BCUT2D eigenvalue weighted by Crippen LogP contribution is 2.42. The molecule has 0 aliphatic carbocycles. The molecule has 150 valence electrons. The first kappa shape index (κ1) is 19.9. The fraction of sp³-hybridized carbons (Fsp3) is 0.188. The van der Waals surface area contributed by atoms with Gasteiger partial charge in [0.15, 0.2) is 11.6 Å². The van der Waals surface area contributed by atoms with Crippen molar-refractivity contribution in [1.82, 2.24) is 0 Å². The zero-order valence-corrected chi connectivity index (χ0v) is 14.6. The molecular weight excluding hydrogens is 415 g/mol. The number of carbonyl (C=O) groups excluding carboxylic acids is 1. The first-order valence-corrected chi connectivity index (χ1v) is 8.73. The van der Waals surface area contributed by atoms with E-state index in [1.54, 1.807) is 0 Å². The van der Waals surface area contributed by atoms with Gasteiger partial charge in [0.1, 0.15) is 18.2 Å². The number of fused-ring (bicyclic) bond motifs is 3. The lowest BCUT2D eigenvalue weighted by Gasteiger charge is -2.22. The summed E-state index contributed by atoms with van der Waals surface area (Å²) in [5.74, 6) is -4.66. The number of carbonyl (C=O) groups is 1. The van der Waals surface area contributed by atoms with E-state index in [9.17, 15) is 35.2 Å². The Hall–Kier alpha value is -2.89. The van der Waals surface area contributed by atoms with Crippen molar-refractivity contribution < 1.29 is 48.8 Å². The summed E-state index contributed by atoms with van der Waals surface area (Å²) in [4.78, 5) is 11.6. The van der Waals surface area contributed by atoms with Crippen LogP contribution >= 0.6 is 0 Å². The summed E-state index contributed by atoms with van der Waals surface area (Å²) in [6, 6.07) is 3.24. The van der Waals surface area contributed by atoms with Crippen LogP contribution in [0.15, 0.2) is 24.3 Å². The molecule has 0 spiro atoms. The molecule has 0 saturated heterocycles. The highest BCUT2D eigenvalue weighted by molar-refractivity contribution is 7.88. The molecule has 28 heavy (non-hydrogen) atoms. The zero-order valence-electron chi connectivity index (χ0n) is 13.8. The van der Waals surface area contributed by atoms with Crippen LogP contribution in [0.5, 0.6) is 11.5 Å². The van der Waals surface area contributed by atoms with Gasteiger partial charge in [0, 0.05) is 11.1 Å². The van der Waals surface area contributed by atoms with Gasteiger partial charge in [-0.05, 0) is 29.8 Å². The van der Waals surface area contributed by atoms with Gasteiger partial charge < -0.3 is 13.7 Å². The van der Waals surface area contributed by atoms with Crippen LogP contribution in [0.4, 0.5) is 22.0 Å². The number of alkyl halides is 3. The molecule has 2 aromatic carbocycles. The smallest absolute Gasteiger partial charge is 0.488 e. The number of hydrogen-bond donors (Lipinski definition) is 0. The van der Waals surface area contributed by atoms with Gasteiger partial charge in [0.05, 0.1) is 12.7 Å². The molecule has 1 aliphatic rings. The molecule has 0 saturated carbocycles. The minimum absolute atomic E-state index is 0.0228. The quantitative estimate of drug-likeness (QED) is 0.325. The second kappa shape index (κ2) is 6.62. The second-order valence-electron chi connectivity index (χ2n) is 5.53. The first-order chi connectivity index (χ1) is 12.9. The average molecular weight is 424 g/mol. The van der Waals surface area contributed by atoms with E-state index in [4.69, 9.17) is 4.74 Å². The van der Waals surface area contributed by atoms with E-state index < -0.39 is 44.5 Å². The van der Waals surface area contributed by atoms with Crippen molar-refractivity contribution in [3.05, 3.63) is 47.0 Å². The van der Waals surface area contributed by atoms with Gasteiger partial charge in [-0.1, -0.05) is 0 Å². The fourth-order valence-corrected chi connectivity index (χ4v) is 2.96. The van der Waals surface area contributed by atoms with Crippen molar-refractivity contribution in [1.29, 1.82) is 0 Å². The topological polar surface area (TPSA) is 78.9 Å². The second-order valence-corrected chi connectivity index (χ2v) is 7.07. The summed E-state index contributed by atoms with van der Waals surface area (Å²) in [5.41, 5.74) is -6.18. The van der Waals surface area contributed by atoms with Crippen molar-refractivity contribution in [3.8, 4) is 22.6 Å². The molecule has 0 bridgehead atoms. The highest BCUT2D eigenvalue weighted by Gasteiger charge is 2.49. The zero-order chi connectivity index (χ0) is 20.9. The molecule has 0 aromatic heterocycles. The number of rotatable bonds is 3. The van der Waals surface area contributed by atoms with E-state index in [-0.39, 0.29) is 29.0 Å². The van der Waals surface area contributed by atoms with Gasteiger partial charge in [-0.25, -0.2) is 13.6 Å². The number of hydrogen-bond acceptors (Lipinski definition) is 6. The van der Waals surface area contributed by atoms with Crippen molar-refractivity contribution in [2.24, 2.45) is 0 Å². The lowest BCUT2D eigenvalue weighted by molar-refractivity contribution is -0.0500. The Labute approximate surface area is 154 Å². The Morgan fingerprint density at radius 2 is 1.75 bits per heavy atom. The Balaban J connectivity index is 2.12.